The van der Waals surface area contributed by atoms with E-state index in [1.54, 1.807) is 0 Å². The second-order valence-corrected chi connectivity index (χ2v) is 6.71. The number of benzene rings is 1. The van der Waals surface area contributed by atoms with Gasteiger partial charge in [-0.15, -0.1) is 0 Å². The topological polar surface area (TPSA) is 41.1 Å². The van der Waals surface area contributed by atoms with E-state index < -0.39 is 0 Å². The lowest BCUT2D eigenvalue weighted by atomic mass is 10.0. The van der Waals surface area contributed by atoms with Crippen LogP contribution in [0.4, 0.5) is 5.95 Å². The fourth-order valence-corrected chi connectivity index (χ4v) is 3.63. The summed E-state index contributed by atoms with van der Waals surface area (Å²) in [5.74, 6) is 0.929. The minimum Gasteiger partial charge on any atom is -0.338 e. The van der Waals surface area contributed by atoms with Crippen LogP contribution < -0.4 is 10.2 Å². The van der Waals surface area contributed by atoms with Crippen LogP contribution in [0.2, 0.25) is 0 Å². The fraction of sp³-hybridized carbons (Fsp3) is 0.474. The number of anilines is 1. The third-order valence-electron chi connectivity index (χ3n) is 5.08. The van der Waals surface area contributed by atoms with Crippen molar-refractivity contribution in [3.05, 3.63) is 41.1 Å². The molecular formula is C19H24N4. The standard InChI is InChI=1S/C19H24N4/c1-13-9-10-23(13)19-21-17-8-4-7-16(17)18(22-19)15-6-3-5-14(11-15)12-20-2/h3,5-6,11,13,20H,4,7-10,12H2,1-2H3/t13-/m0/s1. The first-order chi connectivity index (χ1) is 11.3. The highest BCUT2D eigenvalue weighted by atomic mass is 15.3. The third-order valence-corrected chi connectivity index (χ3v) is 5.08. The van der Waals surface area contributed by atoms with Gasteiger partial charge in [0.25, 0.3) is 0 Å². The summed E-state index contributed by atoms with van der Waals surface area (Å²) < 4.78 is 0. The molecule has 1 N–H and O–H groups in total. The third kappa shape index (κ3) is 2.61. The zero-order valence-electron chi connectivity index (χ0n) is 14.0. The summed E-state index contributed by atoms with van der Waals surface area (Å²) in [4.78, 5) is 12.2. The lowest BCUT2D eigenvalue weighted by Gasteiger charge is -2.39. The molecule has 2 heterocycles. The van der Waals surface area contributed by atoms with Crippen LogP contribution in [0.3, 0.4) is 0 Å². The van der Waals surface area contributed by atoms with Crippen LogP contribution in [0.25, 0.3) is 11.3 Å². The molecule has 120 valence electrons. The van der Waals surface area contributed by atoms with Gasteiger partial charge in [0, 0.05) is 36.0 Å². The summed E-state index contributed by atoms with van der Waals surface area (Å²) in [6.45, 7) is 4.23. The van der Waals surface area contributed by atoms with E-state index in [4.69, 9.17) is 9.97 Å². The van der Waals surface area contributed by atoms with E-state index in [-0.39, 0.29) is 0 Å². The van der Waals surface area contributed by atoms with Crippen LogP contribution >= 0.6 is 0 Å². The van der Waals surface area contributed by atoms with Crippen molar-refractivity contribution in [2.24, 2.45) is 0 Å². The van der Waals surface area contributed by atoms with Gasteiger partial charge in [0.05, 0.1) is 5.69 Å². The summed E-state index contributed by atoms with van der Waals surface area (Å²) in [7, 11) is 1.98. The molecule has 1 fully saturated rings. The van der Waals surface area contributed by atoms with Crippen molar-refractivity contribution in [3.63, 3.8) is 0 Å². The highest BCUT2D eigenvalue weighted by molar-refractivity contribution is 5.67. The molecule has 1 aromatic carbocycles. The molecule has 0 unspecified atom stereocenters. The quantitative estimate of drug-likeness (QED) is 0.943. The van der Waals surface area contributed by atoms with Crippen LogP contribution in [-0.4, -0.2) is 29.6 Å². The zero-order chi connectivity index (χ0) is 15.8. The molecule has 0 radical (unpaired) electrons. The molecular weight excluding hydrogens is 284 g/mol. The predicted molar refractivity (Wildman–Crippen MR) is 93.7 cm³/mol. The maximum Gasteiger partial charge on any atom is 0.226 e. The van der Waals surface area contributed by atoms with Gasteiger partial charge in [-0.2, -0.15) is 0 Å². The number of rotatable bonds is 4. The number of aromatic nitrogens is 2. The van der Waals surface area contributed by atoms with Crippen molar-refractivity contribution in [3.8, 4) is 11.3 Å². The van der Waals surface area contributed by atoms with Crippen molar-refractivity contribution < 1.29 is 0 Å². The highest BCUT2D eigenvalue weighted by Crippen LogP contribution is 2.34. The summed E-state index contributed by atoms with van der Waals surface area (Å²) in [5, 5.41) is 3.23. The Morgan fingerprint density at radius 3 is 2.91 bits per heavy atom. The molecule has 4 rings (SSSR count). The van der Waals surface area contributed by atoms with Crippen molar-refractivity contribution in [2.45, 2.75) is 45.2 Å². The van der Waals surface area contributed by atoms with Gasteiger partial charge in [0.2, 0.25) is 5.95 Å². The maximum atomic E-state index is 4.98. The number of hydrogen-bond donors (Lipinski definition) is 1. The Kier molecular flexibility index (Phi) is 3.77. The molecule has 0 amide bonds. The number of aryl methyl sites for hydroxylation is 1. The Hall–Kier alpha value is -1.94. The number of fused-ring (bicyclic) bond motifs is 1. The van der Waals surface area contributed by atoms with Crippen molar-refractivity contribution >= 4 is 5.95 Å². The molecule has 1 atom stereocenters. The largest absolute Gasteiger partial charge is 0.338 e. The van der Waals surface area contributed by atoms with E-state index in [1.807, 2.05) is 7.05 Å². The van der Waals surface area contributed by atoms with Crippen molar-refractivity contribution in [1.29, 1.82) is 0 Å². The van der Waals surface area contributed by atoms with Crippen LogP contribution in [0.1, 0.15) is 36.6 Å². The molecule has 1 aliphatic carbocycles. The average Bonchev–Trinajstić information content (AvgIpc) is 3.02. The average molecular weight is 308 g/mol. The molecule has 2 aromatic rings. The molecule has 4 heteroatoms. The van der Waals surface area contributed by atoms with E-state index in [0.29, 0.717) is 6.04 Å². The summed E-state index contributed by atoms with van der Waals surface area (Å²) in [6, 6.07) is 9.32. The minimum atomic E-state index is 0.568. The Morgan fingerprint density at radius 1 is 1.26 bits per heavy atom. The van der Waals surface area contributed by atoms with Crippen molar-refractivity contribution in [2.75, 3.05) is 18.5 Å². The lowest BCUT2D eigenvalue weighted by molar-refractivity contribution is 0.470. The molecule has 4 nitrogen and oxygen atoms in total. The van der Waals surface area contributed by atoms with Gasteiger partial charge in [-0.25, -0.2) is 9.97 Å². The maximum absolute atomic E-state index is 4.98. The summed E-state index contributed by atoms with van der Waals surface area (Å²) in [6.07, 6.45) is 4.65. The van der Waals surface area contributed by atoms with E-state index in [2.05, 4.69) is 41.4 Å². The van der Waals surface area contributed by atoms with E-state index in [0.717, 1.165) is 37.6 Å². The summed E-state index contributed by atoms with van der Waals surface area (Å²) in [5.41, 5.74) is 6.31. The van der Waals surface area contributed by atoms with Gasteiger partial charge >= 0.3 is 0 Å². The number of hydrogen-bond acceptors (Lipinski definition) is 4. The molecule has 1 saturated heterocycles. The fourth-order valence-electron chi connectivity index (χ4n) is 3.63. The van der Waals surface area contributed by atoms with E-state index >= 15 is 0 Å². The van der Waals surface area contributed by atoms with E-state index in [1.165, 1.54) is 35.2 Å². The van der Waals surface area contributed by atoms with Crippen LogP contribution in [0, 0.1) is 0 Å². The molecule has 0 spiro atoms. The first-order valence-corrected chi connectivity index (χ1v) is 8.66. The monoisotopic (exact) mass is 308 g/mol. The summed E-state index contributed by atoms with van der Waals surface area (Å²) >= 11 is 0. The van der Waals surface area contributed by atoms with Gasteiger partial charge in [0.15, 0.2) is 0 Å². The Bertz CT molecular complexity index is 725. The Balaban J connectivity index is 1.79. The molecule has 0 bridgehead atoms. The van der Waals surface area contributed by atoms with Crippen LogP contribution in [0.5, 0.6) is 0 Å². The first-order valence-electron chi connectivity index (χ1n) is 8.66. The Labute approximate surface area is 138 Å². The van der Waals surface area contributed by atoms with Gasteiger partial charge in [-0.05, 0) is 51.3 Å². The highest BCUT2D eigenvalue weighted by Gasteiger charge is 2.29. The van der Waals surface area contributed by atoms with E-state index in [9.17, 15) is 0 Å². The predicted octanol–water partition coefficient (Wildman–Crippen LogP) is 2.95. The van der Waals surface area contributed by atoms with Gasteiger partial charge in [0.1, 0.15) is 0 Å². The molecule has 1 aliphatic heterocycles. The SMILES string of the molecule is CNCc1cccc(-c2nc(N3CC[C@@H]3C)nc3c2CCC3)c1. The number of nitrogens with zero attached hydrogens (tertiary/aromatic N) is 3. The second-order valence-electron chi connectivity index (χ2n) is 6.71. The van der Waals surface area contributed by atoms with Gasteiger partial charge in [-0.1, -0.05) is 18.2 Å². The molecule has 0 saturated carbocycles. The van der Waals surface area contributed by atoms with Crippen molar-refractivity contribution in [1.82, 2.24) is 15.3 Å². The zero-order valence-corrected chi connectivity index (χ0v) is 14.0. The minimum absolute atomic E-state index is 0.568. The van der Waals surface area contributed by atoms with Crippen LogP contribution in [-0.2, 0) is 19.4 Å². The number of nitrogens with one attached hydrogen (secondary N) is 1. The first kappa shape index (κ1) is 14.6. The Morgan fingerprint density at radius 2 is 2.17 bits per heavy atom. The van der Waals surface area contributed by atoms with Crippen LogP contribution in [0.15, 0.2) is 24.3 Å². The normalized spacial score (nSPS) is 19.6. The molecule has 23 heavy (non-hydrogen) atoms. The van der Waals surface area contributed by atoms with Gasteiger partial charge in [-0.3, -0.25) is 0 Å². The second kappa shape index (κ2) is 5.93. The molecule has 2 aliphatic rings. The smallest absolute Gasteiger partial charge is 0.226 e. The van der Waals surface area contributed by atoms with Gasteiger partial charge < -0.3 is 10.2 Å². The lowest BCUT2D eigenvalue weighted by Crippen LogP contribution is -2.46. The molecule has 1 aromatic heterocycles.